The Morgan fingerprint density at radius 1 is 1.21 bits per heavy atom. The van der Waals surface area contributed by atoms with Gasteiger partial charge in [-0.3, -0.25) is 0 Å². The fourth-order valence-corrected chi connectivity index (χ4v) is 7.19. The largest absolute Gasteiger partial charge is 0.490 e. The van der Waals surface area contributed by atoms with Gasteiger partial charge in [-0.1, -0.05) is 23.5 Å². The number of hydrogen-bond acceptors (Lipinski definition) is 9. The van der Waals surface area contributed by atoms with Crippen LogP contribution in [0.15, 0.2) is 47.4 Å². The highest BCUT2D eigenvalue weighted by molar-refractivity contribution is 7.89. The normalized spacial score (nSPS) is 14.8. The first kappa shape index (κ1) is 34.2. The summed E-state index contributed by atoms with van der Waals surface area (Å²) in [5.74, 6) is -2.76. The first-order chi connectivity index (χ1) is 20.1. The van der Waals surface area contributed by atoms with Crippen LogP contribution in [0.5, 0.6) is 0 Å². The number of nitriles is 1. The van der Waals surface area contributed by atoms with Gasteiger partial charge in [0.05, 0.1) is 32.3 Å². The topological polar surface area (TPSA) is 147 Å². The zero-order valence-electron chi connectivity index (χ0n) is 23.9. The molecular formula is C28H34F3N5O5S2. The van der Waals surface area contributed by atoms with Gasteiger partial charge in [0.25, 0.3) is 0 Å². The van der Waals surface area contributed by atoms with Gasteiger partial charge >= 0.3 is 12.1 Å². The third-order valence-corrected chi connectivity index (χ3v) is 9.76. The molecule has 1 aromatic heterocycles. The van der Waals surface area contributed by atoms with Gasteiger partial charge in [0, 0.05) is 32.3 Å². The lowest BCUT2D eigenvalue weighted by atomic mass is 9.94. The summed E-state index contributed by atoms with van der Waals surface area (Å²) in [6, 6.07) is 14.6. The number of piperidine rings is 1. The Morgan fingerprint density at radius 3 is 2.44 bits per heavy atom. The Kier molecular flexibility index (Phi) is 11.1. The summed E-state index contributed by atoms with van der Waals surface area (Å²) >= 11 is 1.52. The van der Waals surface area contributed by atoms with E-state index in [1.807, 2.05) is 6.07 Å². The molecule has 43 heavy (non-hydrogen) atoms. The minimum absolute atomic E-state index is 0.193. The number of aliphatic hydroxyl groups is 1. The van der Waals surface area contributed by atoms with Crippen molar-refractivity contribution < 1.29 is 36.6 Å². The molecule has 0 radical (unpaired) electrons. The van der Waals surface area contributed by atoms with Gasteiger partial charge in [0.15, 0.2) is 5.13 Å². The van der Waals surface area contributed by atoms with Crippen LogP contribution in [0.25, 0.3) is 10.2 Å². The van der Waals surface area contributed by atoms with Crippen molar-refractivity contribution in [1.82, 2.24) is 14.6 Å². The monoisotopic (exact) mass is 641 g/mol. The number of fused-ring (bicyclic) bond motifs is 1. The number of anilines is 1. The molecule has 0 unspecified atom stereocenters. The smallest absolute Gasteiger partial charge is 0.475 e. The average Bonchev–Trinajstić information content (AvgIpc) is 3.39. The van der Waals surface area contributed by atoms with E-state index >= 15 is 0 Å². The van der Waals surface area contributed by atoms with E-state index in [4.69, 9.17) is 20.0 Å². The lowest BCUT2D eigenvalue weighted by Gasteiger charge is -2.36. The minimum Gasteiger partial charge on any atom is -0.475 e. The molecule has 3 aromatic rings. The van der Waals surface area contributed by atoms with Crippen molar-refractivity contribution in [1.29, 1.82) is 5.26 Å². The summed E-state index contributed by atoms with van der Waals surface area (Å²) in [4.78, 5) is 18.5. The molecule has 0 spiro atoms. The Balaban J connectivity index is 0.000000646. The number of carbonyl (C=O) groups is 1. The highest BCUT2D eigenvalue weighted by atomic mass is 32.2. The van der Waals surface area contributed by atoms with Gasteiger partial charge in [-0.05, 0) is 76.1 Å². The maximum atomic E-state index is 13.3. The van der Waals surface area contributed by atoms with E-state index in [1.54, 1.807) is 50.2 Å². The van der Waals surface area contributed by atoms with Gasteiger partial charge in [-0.25, -0.2) is 22.9 Å². The van der Waals surface area contributed by atoms with Crippen LogP contribution in [0.2, 0.25) is 0 Å². The van der Waals surface area contributed by atoms with Crippen molar-refractivity contribution in [2.45, 2.75) is 55.8 Å². The Hall–Kier alpha value is -3.29. The highest BCUT2D eigenvalue weighted by Gasteiger charge is 2.38. The zero-order valence-corrected chi connectivity index (χ0v) is 25.6. The molecule has 2 heterocycles. The molecule has 1 aliphatic heterocycles. The number of nitrogens with one attached hydrogen (secondary N) is 1. The number of sulfonamides is 1. The molecule has 15 heteroatoms. The Bertz CT molecular complexity index is 1560. The van der Waals surface area contributed by atoms with Gasteiger partial charge in [0.1, 0.15) is 0 Å². The van der Waals surface area contributed by atoms with Crippen LogP contribution in [0, 0.1) is 11.3 Å². The molecule has 3 N–H and O–H groups in total. The van der Waals surface area contributed by atoms with Crippen LogP contribution < -0.4 is 9.62 Å². The summed E-state index contributed by atoms with van der Waals surface area (Å²) in [7, 11) is -1.69. The van der Waals surface area contributed by atoms with E-state index in [0.717, 1.165) is 59.8 Å². The first-order valence-corrected chi connectivity index (χ1v) is 15.7. The Labute approximate surface area is 252 Å². The molecule has 2 aromatic carbocycles. The summed E-state index contributed by atoms with van der Waals surface area (Å²) in [6.07, 6.45) is -2.23. The molecule has 0 atom stereocenters. The van der Waals surface area contributed by atoms with E-state index in [2.05, 4.69) is 27.6 Å². The van der Waals surface area contributed by atoms with E-state index in [-0.39, 0.29) is 11.5 Å². The Morgan fingerprint density at radius 2 is 1.86 bits per heavy atom. The number of hydrogen-bond donors (Lipinski definition) is 3. The molecular weight excluding hydrogens is 607 g/mol. The highest BCUT2D eigenvalue weighted by Crippen LogP contribution is 2.33. The van der Waals surface area contributed by atoms with E-state index in [1.165, 1.54) is 11.3 Å². The third-order valence-electron chi connectivity index (χ3n) is 7.03. The van der Waals surface area contributed by atoms with Crippen LogP contribution in [0.1, 0.15) is 44.2 Å². The lowest BCUT2D eigenvalue weighted by molar-refractivity contribution is -0.192. The van der Waals surface area contributed by atoms with Crippen molar-refractivity contribution in [3.05, 3.63) is 53.6 Å². The number of carboxylic acids is 1. The molecule has 10 nitrogen and oxygen atoms in total. The fraction of sp³-hybridized carbons (Fsp3) is 0.464. The van der Waals surface area contributed by atoms with Gasteiger partial charge < -0.3 is 20.0 Å². The second-order valence-corrected chi connectivity index (χ2v) is 13.3. The van der Waals surface area contributed by atoms with Crippen molar-refractivity contribution in [2.75, 3.05) is 38.2 Å². The summed E-state index contributed by atoms with van der Waals surface area (Å²) < 4.78 is 61.9. The van der Waals surface area contributed by atoms with Crippen molar-refractivity contribution in [3.8, 4) is 6.07 Å². The van der Waals surface area contributed by atoms with E-state index in [0.29, 0.717) is 11.6 Å². The number of aliphatic hydroxyl groups excluding tert-OH is 1. The van der Waals surface area contributed by atoms with Gasteiger partial charge in [-0.15, -0.1) is 0 Å². The van der Waals surface area contributed by atoms with Crippen molar-refractivity contribution in [2.24, 2.45) is 0 Å². The van der Waals surface area contributed by atoms with E-state index in [9.17, 15) is 26.9 Å². The lowest BCUT2D eigenvalue weighted by Crippen LogP contribution is -2.43. The number of halogens is 3. The average molecular weight is 642 g/mol. The number of aromatic nitrogens is 1. The van der Waals surface area contributed by atoms with E-state index < -0.39 is 27.7 Å². The second kappa shape index (κ2) is 14.0. The van der Waals surface area contributed by atoms with Crippen LogP contribution in [-0.4, -0.2) is 80.0 Å². The van der Waals surface area contributed by atoms with Crippen molar-refractivity contribution in [3.63, 3.8) is 0 Å². The molecule has 234 valence electrons. The summed E-state index contributed by atoms with van der Waals surface area (Å²) in [5.41, 5.74) is 1.10. The van der Waals surface area contributed by atoms with Gasteiger partial charge in [0.2, 0.25) is 10.0 Å². The maximum Gasteiger partial charge on any atom is 0.490 e. The first-order valence-electron chi connectivity index (χ1n) is 13.4. The predicted molar refractivity (Wildman–Crippen MR) is 157 cm³/mol. The second-order valence-electron chi connectivity index (χ2n) is 10.6. The number of alkyl halides is 3. The number of nitrogens with zero attached hydrogens (tertiary/aromatic N) is 4. The van der Waals surface area contributed by atoms with Crippen LogP contribution in [-0.2, 0) is 20.4 Å². The quantitative estimate of drug-likeness (QED) is 0.311. The molecule has 0 amide bonds. The number of thiazole rings is 1. The number of aliphatic carboxylic acids is 1. The zero-order chi connectivity index (χ0) is 32.0. The number of carboxylic acid groups (broad SMARTS) is 1. The van der Waals surface area contributed by atoms with Crippen LogP contribution in [0.4, 0.5) is 18.3 Å². The molecule has 4 rings (SSSR count). The van der Waals surface area contributed by atoms with Crippen molar-refractivity contribution >= 4 is 42.7 Å². The molecule has 1 fully saturated rings. The van der Waals surface area contributed by atoms with Crippen LogP contribution in [0.3, 0.4) is 0 Å². The summed E-state index contributed by atoms with van der Waals surface area (Å²) in [6.45, 7) is 6.49. The number of rotatable bonds is 9. The SMILES string of the molecule is CN(CCCO)C1CCN(c2nc3ccc(S(=O)(=O)NC(C)(C)c4cccc(C#N)c4)cc3s2)CC1.O=C(O)C(F)(F)F. The standard InChI is InChI=1S/C26H33N5O3S2.C2HF3O2/c1-26(2,20-7-4-6-19(16-20)18-27)29-36(33,34)22-8-9-23-24(17-22)35-25(28-23)31-13-10-21(11-14-31)30(3)12-5-15-32;3-2(4,5)1(6)7/h4,6-9,16-17,21,29,32H,5,10-15H2,1-3H3;(H,6,7). The minimum atomic E-state index is -5.08. The molecule has 0 aliphatic carbocycles. The van der Waals surface area contributed by atoms with Crippen LogP contribution >= 0.6 is 11.3 Å². The third kappa shape index (κ3) is 9.10. The molecule has 0 saturated carbocycles. The predicted octanol–water partition coefficient (Wildman–Crippen LogP) is 4.30. The molecule has 0 bridgehead atoms. The molecule has 1 saturated heterocycles. The molecule has 1 aliphatic rings. The number of benzene rings is 2. The van der Waals surface area contributed by atoms with Gasteiger partial charge in [-0.2, -0.15) is 18.4 Å². The summed E-state index contributed by atoms with van der Waals surface area (Å²) in [5, 5.41) is 26.3. The maximum absolute atomic E-state index is 13.3. The fourth-order valence-electron chi connectivity index (χ4n) is 4.63.